The van der Waals surface area contributed by atoms with E-state index in [0.29, 0.717) is 0 Å². The monoisotopic (exact) mass is 128 g/mol. The predicted octanol–water partition coefficient (Wildman–Crippen LogP) is 1.94. The molecule has 0 spiro atoms. The second-order valence-electron chi connectivity index (χ2n) is 2.29. The molecule has 1 heteroatoms. The maximum atomic E-state index is 3.84. The van der Waals surface area contributed by atoms with E-state index in [9.17, 15) is 0 Å². The van der Waals surface area contributed by atoms with Gasteiger partial charge in [0.05, 0.1) is 0 Å². The Morgan fingerprint density at radius 1 is 1.33 bits per heavy atom. The summed E-state index contributed by atoms with van der Waals surface area (Å²) in [6.07, 6.45) is 2.60. The van der Waals surface area contributed by atoms with Gasteiger partial charge < -0.3 is 4.90 Å². The number of rotatable bonds is 5. The van der Waals surface area contributed by atoms with E-state index >= 15 is 0 Å². The lowest BCUT2D eigenvalue weighted by molar-refractivity contribution is 0.312. The zero-order chi connectivity index (χ0) is 7.11. The summed E-state index contributed by atoms with van der Waals surface area (Å²) in [5.74, 6) is 0. The second kappa shape index (κ2) is 6.09. The van der Waals surface area contributed by atoms with E-state index < -0.39 is 0 Å². The van der Waals surface area contributed by atoms with Gasteiger partial charge in [-0.15, -0.1) is 0 Å². The van der Waals surface area contributed by atoms with Crippen LogP contribution in [0.3, 0.4) is 0 Å². The number of unbranched alkanes of at least 4 members (excludes halogenated alkanes) is 1. The molecule has 0 aliphatic carbocycles. The van der Waals surface area contributed by atoms with Gasteiger partial charge in [0.25, 0.3) is 0 Å². The first kappa shape index (κ1) is 8.96. The number of hydrogen-bond donors (Lipinski definition) is 0. The molecule has 0 aliphatic rings. The molecule has 0 unspecified atom stereocenters. The van der Waals surface area contributed by atoms with E-state index in [1.807, 2.05) is 0 Å². The van der Waals surface area contributed by atoms with Crippen LogP contribution in [0.15, 0.2) is 0 Å². The van der Waals surface area contributed by atoms with E-state index in [1.165, 1.54) is 19.4 Å². The summed E-state index contributed by atoms with van der Waals surface area (Å²) in [4.78, 5) is 2.35. The van der Waals surface area contributed by atoms with E-state index in [-0.39, 0.29) is 0 Å². The molecule has 0 heterocycles. The van der Waals surface area contributed by atoms with Gasteiger partial charge in [-0.3, -0.25) is 0 Å². The van der Waals surface area contributed by atoms with Crippen molar-refractivity contribution in [3.63, 3.8) is 0 Å². The number of hydrogen-bond acceptors (Lipinski definition) is 1. The fourth-order valence-electron chi connectivity index (χ4n) is 0.810. The summed E-state index contributed by atoms with van der Waals surface area (Å²) in [6, 6.07) is 0. The molecule has 9 heavy (non-hydrogen) atoms. The molecule has 0 bridgehead atoms. The van der Waals surface area contributed by atoms with Gasteiger partial charge in [0, 0.05) is 0 Å². The van der Waals surface area contributed by atoms with Crippen molar-refractivity contribution < 1.29 is 0 Å². The molecule has 0 aromatic heterocycles. The molecular formula is C8H18N. The van der Waals surface area contributed by atoms with Crippen LogP contribution >= 0.6 is 0 Å². The first-order chi connectivity index (χ1) is 4.35. The Kier molecular flexibility index (Phi) is 6.06. The van der Waals surface area contributed by atoms with Crippen LogP contribution in [0.1, 0.15) is 26.7 Å². The summed E-state index contributed by atoms with van der Waals surface area (Å²) in [5.41, 5.74) is 0. The van der Waals surface area contributed by atoms with Gasteiger partial charge in [-0.1, -0.05) is 20.3 Å². The van der Waals surface area contributed by atoms with Crippen LogP contribution in [0.2, 0.25) is 0 Å². The first-order valence-electron chi connectivity index (χ1n) is 3.86. The van der Waals surface area contributed by atoms with Crippen molar-refractivity contribution in [1.29, 1.82) is 0 Å². The minimum atomic E-state index is 0.955. The third-order valence-electron chi connectivity index (χ3n) is 1.59. The predicted molar refractivity (Wildman–Crippen MR) is 42.4 cm³/mol. The molecule has 1 nitrogen and oxygen atoms in total. The topological polar surface area (TPSA) is 3.24 Å². The fraction of sp³-hybridized carbons (Fsp3) is 0.875. The van der Waals surface area contributed by atoms with E-state index in [1.54, 1.807) is 0 Å². The zero-order valence-electron chi connectivity index (χ0n) is 6.69. The second-order valence-corrected chi connectivity index (χ2v) is 2.29. The third-order valence-corrected chi connectivity index (χ3v) is 1.59. The molecule has 0 atom stereocenters. The standard InChI is InChI=1S/C8H18N/c1-4-7-8-9(5-2)6-3/h2,4-8H2,1,3H3. The minimum Gasteiger partial charge on any atom is -0.304 e. The van der Waals surface area contributed by atoms with Gasteiger partial charge in [-0.25, -0.2) is 0 Å². The average Bonchev–Trinajstić information content (AvgIpc) is 1.91. The molecule has 55 valence electrons. The Morgan fingerprint density at radius 3 is 2.33 bits per heavy atom. The largest absolute Gasteiger partial charge is 0.304 e. The molecule has 0 N–H and O–H groups in total. The molecule has 0 amide bonds. The Bertz CT molecular complexity index is 48.5. The van der Waals surface area contributed by atoms with Crippen molar-refractivity contribution in [1.82, 2.24) is 4.90 Å². The van der Waals surface area contributed by atoms with Crippen LogP contribution < -0.4 is 0 Å². The van der Waals surface area contributed by atoms with Gasteiger partial charge in [0.1, 0.15) is 0 Å². The molecule has 0 saturated carbocycles. The van der Waals surface area contributed by atoms with Gasteiger partial charge in [-0.05, 0) is 33.0 Å². The van der Waals surface area contributed by atoms with Crippen LogP contribution in [0.4, 0.5) is 0 Å². The maximum absolute atomic E-state index is 3.84. The lowest BCUT2D eigenvalue weighted by Crippen LogP contribution is -2.23. The summed E-state index contributed by atoms with van der Waals surface area (Å²) in [6.45, 7) is 11.6. The third kappa shape index (κ3) is 4.46. The van der Waals surface area contributed by atoms with Crippen LogP contribution in [-0.4, -0.2) is 24.5 Å². The van der Waals surface area contributed by atoms with Gasteiger partial charge in [0.2, 0.25) is 0 Å². The van der Waals surface area contributed by atoms with Crippen LogP contribution in [-0.2, 0) is 0 Å². The Morgan fingerprint density at radius 2 is 2.00 bits per heavy atom. The van der Waals surface area contributed by atoms with Gasteiger partial charge in [-0.2, -0.15) is 0 Å². The molecule has 1 radical (unpaired) electrons. The highest BCUT2D eigenvalue weighted by molar-refractivity contribution is 4.54. The van der Waals surface area contributed by atoms with Crippen molar-refractivity contribution in [2.24, 2.45) is 0 Å². The molecular weight excluding hydrogens is 110 g/mol. The van der Waals surface area contributed by atoms with Crippen molar-refractivity contribution in [2.75, 3.05) is 19.6 Å². The molecule has 0 fully saturated rings. The zero-order valence-corrected chi connectivity index (χ0v) is 6.69. The highest BCUT2D eigenvalue weighted by atomic mass is 15.1. The van der Waals surface area contributed by atoms with Gasteiger partial charge >= 0.3 is 0 Å². The van der Waals surface area contributed by atoms with Crippen LogP contribution in [0.25, 0.3) is 0 Å². The Balaban J connectivity index is 3.09. The highest BCUT2D eigenvalue weighted by Gasteiger charge is 1.94. The van der Waals surface area contributed by atoms with Crippen molar-refractivity contribution in [2.45, 2.75) is 26.7 Å². The Hall–Kier alpha value is -0.0400. The minimum absolute atomic E-state index is 0.955. The Labute approximate surface area is 59.1 Å². The molecule has 0 saturated heterocycles. The summed E-state index contributed by atoms with van der Waals surface area (Å²) in [7, 11) is 0. The molecule has 0 aromatic rings. The smallest absolute Gasteiger partial charge is 0.00184 e. The quantitative estimate of drug-likeness (QED) is 0.547. The lowest BCUT2D eigenvalue weighted by Gasteiger charge is -2.16. The summed E-state index contributed by atoms with van der Waals surface area (Å²) >= 11 is 0. The normalized spacial score (nSPS) is 10.7. The van der Waals surface area contributed by atoms with Crippen LogP contribution in [0, 0.1) is 6.92 Å². The maximum Gasteiger partial charge on any atom is -0.00184 e. The van der Waals surface area contributed by atoms with Gasteiger partial charge in [0.15, 0.2) is 0 Å². The molecule has 0 rings (SSSR count). The van der Waals surface area contributed by atoms with E-state index in [0.717, 1.165) is 13.1 Å². The molecule has 0 aromatic carbocycles. The summed E-state index contributed by atoms with van der Waals surface area (Å²) < 4.78 is 0. The molecule has 0 aliphatic heterocycles. The van der Waals surface area contributed by atoms with Crippen molar-refractivity contribution >= 4 is 0 Å². The number of nitrogens with zero attached hydrogens (tertiary/aromatic N) is 1. The highest BCUT2D eigenvalue weighted by Crippen LogP contribution is 1.92. The average molecular weight is 128 g/mol. The summed E-state index contributed by atoms with van der Waals surface area (Å²) in [5, 5.41) is 0. The SMILES string of the molecule is [CH2]CN(CC)CCCC. The van der Waals surface area contributed by atoms with E-state index in [4.69, 9.17) is 0 Å². The van der Waals surface area contributed by atoms with Crippen molar-refractivity contribution in [3.05, 3.63) is 6.92 Å². The van der Waals surface area contributed by atoms with E-state index in [2.05, 4.69) is 25.7 Å². The first-order valence-corrected chi connectivity index (χ1v) is 3.86. The van der Waals surface area contributed by atoms with Crippen LogP contribution in [0.5, 0.6) is 0 Å². The lowest BCUT2D eigenvalue weighted by atomic mass is 10.3. The van der Waals surface area contributed by atoms with Crippen molar-refractivity contribution in [3.8, 4) is 0 Å². The fourth-order valence-corrected chi connectivity index (χ4v) is 0.810.